The van der Waals surface area contributed by atoms with Crippen molar-refractivity contribution in [3.05, 3.63) is 33.7 Å². The molecule has 2 aliphatic heterocycles. The quantitative estimate of drug-likeness (QED) is 0.908. The number of aromatic amines is 1. The molecule has 0 saturated carbocycles. The van der Waals surface area contributed by atoms with Crippen molar-refractivity contribution in [2.75, 3.05) is 19.7 Å². The van der Waals surface area contributed by atoms with Gasteiger partial charge in [0.1, 0.15) is 0 Å². The molecular formula is C17H24N2O3. The van der Waals surface area contributed by atoms with Gasteiger partial charge in [-0.2, -0.15) is 0 Å². The Bertz CT molecular complexity index is 615. The van der Waals surface area contributed by atoms with E-state index in [1.165, 1.54) is 6.07 Å². The van der Waals surface area contributed by atoms with Gasteiger partial charge in [0, 0.05) is 24.8 Å². The topological polar surface area (TPSA) is 62.4 Å². The smallest absolute Gasteiger partial charge is 0.255 e. The molecule has 5 nitrogen and oxygen atoms in total. The van der Waals surface area contributed by atoms with Crippen molar-refractivity contribution in [2.24, 2.45) is 5.41 Å². The van der Waals surface area contributed by atoms with Crippen LogP contribution in [0.15, 0.2) is 16.9 Å². The van der Waals surface area contributed by atoms with Crippen LogP contribution >= 0.6 is 0 Å². The van der Waals surface area contributed by atoms with Crippen LogP contribution in [0.4, 0.5) is 0 Å². The summed E-state index contributed by atoms with van der Waals surface area (Å²) < 4.78 is 5.73. The molecule has 2 fully saturated rings. The van der Waals surface area contributed by atoms with Gasteiger partial charge in [0.15, 0.2) is 0 Å². The first-order valence-corrected chi connectivity index (χ1v) is 8.16. The van der Waals surface area contributed by atoms with Gasteiger partial charge in [-0.1, -0.05) is 6.92 Å². The van der Waals surface area contributed by atoms with Gasteiger partial charge in [-0.05, 0) is 44.1 Å². The van der Waals surface area contributed by atoms with Gasteiger partial charge in [0.25, 0.3) is 5.91 Å². The van der Waals surface area contributed by atoms with Crippen LogP contribution in [0.5, 0.6) is 0 Å². The molecule has 1 N–H and O–H groups in total. The molecule has 0 radical (unpaired) electrons. The van der Waals surface area contributed by atoms with Crippen molar-refractivity contribution in [2.45, 2.75) is 45.6 Å². The first kappa shape index (κ1) is 15.3. The number of carbonyl (C=O) groups excluding carboxylic acids is 1. The Morgan fingerprint density at radius 3 is 2.73 bits per heavy atom. The number of pyridine rings is 1. The van der Waals surface area contributed by atoms with Crippen LogP contribution in [0, 0.1) is 5.41 Å². The number of hydrogen-bond donors (Lipinski definition) is 1. The van der Waals surface area contributed by atoms with Crippen LogP contribution in [0.1, 0.15) is 49.2 Å². The minimum absolute atomic E-state index is 0.0370. The number of nitrogens with zero attached hydrogens (tertiary/aromatic N) is 1. The Morgan fingerprint density at radius 1 is 1.41 bits per heavy atom. The fourth-order valence-corrected chi connectivity index (χ4v) is 3.75. The van der Waals surface area contributed by atoms with E-state index in [1.54, 1.807) is 6.07 Å². The average molecular weight is 304 g/mol. The fraction of sp³-hybridized carbons (Fsp3) is 0.647. The molecule has 0 aliphatic carbocycles. The SMILES string of the molecule is CCc1[nH]c(=O)ccc1C(=O)N1CCC2(CC1)COC(C)C2. The Hall–Kier alpha value is -1.62. The summed E-state index contributed by atoms with van der Waals surface area (Å²) in [6.07, 6.45) is 4.11. The standard InChI is InChI=1S/C17H24N2O3/c1-3-14-13(4-5-15(20)18-14)16(21)19-8-6-17(7-9-19)10-12(2)22-11-17/h4-5,12H,3,6-11H2,1-2H3,(H,18,20). The minimum Gasteiger partial charge on any atom is -0.378 e. The molecule has 120 valence electrons. The van der Waals surface area contributed by atoms with Crippen molar-refractivity contribution in [3.63, 3.8) is 0 Å². The van der Waals surface area contributed by atoms with Crippen LogP contribution in [0.3, 0.4) is 0 Å². The van der Waals surface area contributed by atoms with Crippen LogP contribution < -0.4 is 5.56 Å². The average Bonchev–Trinajstić information content (AvgIpc) is 2.88. The largest absolute Gasteiger partial charge is 0.378 e. The van der Waals surface area contributed by atoms with E-state index in [0.29, 0.717) is 18.1 Å². The van der Waals surface area contributed by atoms with Gasteiger partial charge in [0.05, 0.1) is 18.3 Å². The molecule has 5 heteroatoms. The second-order valence-corrected chi connectivity index (χ2v) is 6.69. The Morgan fingerprint density at radius 2 is 2.14 bits per heavy atom. The summed E-state index contributed by atoms with van der Waals surface area (Å²) in [6.45, 7) is 6.45. The van der Waals surface area contributed by atoms with Crippen LogP contribution in [0.2, 0.25) is 0 Å². The summed E-state index contributed by atoms with van der Waals surface area (Å²) in [5.74, 6) is 0.0370. The molecule has 1 unspecified atom stereocenters. The third kappa shape index (κ3) is 2.82. The summed E-state index contributed by atoms with van der Waals surface area (Å²) in [4.78, 5) is 28.8. The Kier molecular flexibility index (Phi) is 4.08. The first-order valence-electron chi connectivity index (χ1n) is 8.16. The monoisotopic (exact) mass is 304 g/mol. The Labute approximate surface area is 130 Å². The number of amides is 1. The summed E-state index contributed by atoms with van der Waals surface area (Å²) in [6, 6.07) is 3.09. The minimum atomic E-state index is -0.150. The highest BCUT2D eigenvalue weighted by molar-refractivity contribution is 5.95. The van der Waals surface area contributed by atoms with E-state index < -0.39 is 0 Å². The van der Waals surface area contributed by atoms with Gasteiger partial charge in [-0.15, -0.1) is 0 Å². The lowest BCUT2D eigenvalue weighted by molar-refractivity contribution is 0.0505. The van der Waals surface area contributed by atoms with Crippen LogP contribution in [-0.2, 0) is 11.2 Å². The second-order valence-electron chi connectivity index (χ2n) is 6.69. The molecule has 2 saturated heterocycles. The highest BCUT2D eigenvalue weighted by Crippen LogP contribution is 2.41. The molecule has 3 rings (SSSR count). The van der Waals surface area contributed by atoms with Crippen molar-refractivity contribution < 1.29 is 9.53 Å². The van der Waals surface area contributed by atoms with Gasteiger partial charge in [-0.3, -0.25) is 9.59 Å². The summed E-state index contributed by atoms with van der Waals surface area (Å²) in [7, 11) is 0. The van der Waals surface area contributed by atoms with Crippen molar-refractivity contribution in [1.29, 1.82) is 0 Å². The van der Waals surface area contributed by atoms with Crippen molar-refractivity contribution >= 4 is 5.91 Å². The van der Waals surface area contributed by atoms with Gasteiger partial charge >= 0.3 is 0 Å². The van der Waals surface area contributed by atoms with Gasteiger partial charge in [-0.25, -0.2) is 0 Å². The molecule has 0 aromatic carbocycles. The highest BCUT2D eigenvalue weighted by Gasteiger charge is 2.41. The number of likely N-dealkylation sites (tertiary alicyclic amines) is 1. The fourth-order valence-electron chi connectivity index (χ4n) is 3.75. The predicted molar refractivity (Wildman–Crippen MR) is 84.0 cm³/mol. The summed E-state index contributed by atoms with van der Waals surface area (Å²) in [5, 5.41) is 0. The molecule has 1 amide bonds. The molecule has 3 heterocycles. The number of rotatable bonds is 2. The molecular weight excluding hydrogens is 280 g/mol. The lowest BCUT2D eigenvalue weighted by Crippen LogP contribution is -2.44. The number of aromatic nitrogens is 1. The summed E-state index contributed by atoms with van der Waals surface area (Å²) in [5.41, 5.74) is 1.49. The van der Waals surface area contributed by atoms with E-state index in [4.69, 9.17) is 4.74 Å². The third-order valence-electron chi connectivity index (χ3n) is 5.09. The molecule has 0 bridgehead atoms. The lowest BCUT2D eigenvalue weighted by atomic mass is 9.76. The van der Waals surface area contributed by atoms with E-state index in [9.17, 15) is 9.59 Å². The van der Waals surface area contributed by atoms with E-state index in [2.05, 4.69) is 11.9 Å². The number of H-pyrrole nitrogens is 1. The van der Waals surface area contributed by atoms with Crippen LogP contribution in [-0.4, -0.2) is 41.6 Å². The maximum absolute atomic E-state index is 12.7. The van der Waals surface area contributed by atoms with E-state index >= 15 is 0 Å². The zero-order valence-electron chi connectivity index (χ0n) is 13.4. The predicted octanol–water partition coefficient (Wildman–Crippen LogP) is 1.97. The molecule has 1 atom stereocenters. The summed E-state index contributed by atoms with van der Waals surface area (Å²) >= 11 is 0. The number of hydrogen-bond acceptors (Lipinski definition) is 3. The third-order valence-corrected chi connectivity index (χ3v) is 5.09. The second kappa shape index (κ2) is 5.88. The van der Waals surface area contributed by atoms with Crippen molar-refractivity contribution in [3.8, 4) is 0 Å². The maximum atomic E-state index is 12.7. The zero-order chi connectivity index (χ0) is 15.7. The number of piperidine rings is 1. The van der Waals surface area contributed by atoms with E-state index in [-0.39, 0.29) is 16.9 Å². The molecule has 1 spiro atoms. The first-order chi connectivity index (χ1) is 10.5. The Balaban J connectivity index is 1.71. The van der Waals surface area contributed by atoms with Crippen LogP contribution in [0.25, 0.3) is 0 Å². The zero-order valence-corrected chi connectivity index (χ0v) is 13.4. The molecule has 1 aromatic rings. The van der Waals surface area contributed by atoms with E-state index in [0.717, 1.165) is 44.7 Å². The number of ether oxygens (including phenoxy) is 1. The van der Waals surface area contributed by atoms with Gasteiger partial charge in [0.2, 0.25) is 5.56 Å². The maximum Gasteiger partial charge on any atom is 0.255 e. The molecule has 2 aliphatic rings. The van der Waals surface area contributed by atoms with Crippen molar-refractivity contribution in [1.82, 2.24) is 9.88 Å². The number of carbonyl (C=O) groups is 1. The lowest BCUT2D eigenvalue weighted by Gasteiger charge is -2.38. The van der Waals surface area contributed by atoms with E-state index in [1.807, 2.05) is 11.8 Å². The molecule has 1 aromatic heterocycles. The number of nitrogens with one attached hydrogen (secondary N) is 1. The molecule has 22 heavy (non-hydrogen) atoms. The normalized spacial score (nSPS) is 23.9. The highest BCUT2D eigenvalue weighted by atomic mass is 16.5. The van der Waals surface area contributed by atoms with Gasteiger partial charge < -0.3 is 14.6 Å². The number of aryl methyl sites for hydroxylation is 1.